The van der Waals surface area contributed by atoms with Gasteiger partial charge in [0.25, 0.3) is 5.91 Å². The van der Waals surface area contributed by atoms with Crippen molar-refractivity contribution in [3.8, 4) is 0 Å². The number of alkyl halides is 1. The Kier molecular flexibility index (Phi) is 7.46. The third-order valence-electron chi connectivity index (χ3n) is 2.15. The van der Waals surface area contributed by atoms with E-state index < -0.39 is 11.7 Å². The zero-order valence-corrected chi connectivity index (χ0v) is 12.9. The average Bonchev–Trinajstić information content (AvgIpc) is 2.36. The molecule has 3 nitrogen and oxygen atoms in total. The van der Waals surface area contributed by atoms with Crippen molar-refractivity contribution in [2.24, 2.45) is 0 Å². The largest absolute Gasteiger partial charge is 0.381 e. The Morgan fingerprint density at radius 1 is 1.39 bits per heavy atom. The van der Waals surface area contributed by atoms with Crippen LogP contribution >= 0.6 is 31.9 Å². The molecule has 1 rings (SSSR count). The molecular formula is C12H14Br2FNO2. The molecule has 0 aromatic heterocycles. The van der Waals surface area contributed by atoms with Gasteiger partial charge in [0, 0.05) is 23.0 Å². The first kappa shape index (κ1) is 15.6. The van der Waals surface area contributed by atoms with Crippen LogP contribution in [0, 0.1) is 5.82 Å². The quantitative estimate of drug-likeness (QED) is 0.581. The summed E-state index contributed by atoms with van der Waals surface area (Å²) in [5.74, 6) is -0.930. The van der Waals surface area contributed by atoms with Crippen molar-refractivity contribution in [3.05, 3.63) is 34.1 Å². The van der Waals surface area contributed by atoms with E-state index in [0.29, 0.717) is 30.7 Å². The van der Waals surface area contributed by atoms with Gasteiger partial charge < -0.3 is 10.1 Å². The summed E-state index contributed by atoms with van der Waals surface area (Å²) in [6.07, 6.45) is 0.703. The van der Waals surface area contributed by atoms with Crippen LogP contribution in [0.2, 0.25) is 0 Å². The highest BCUT2D eigenvalue weighted by Crippen LogP contribution is 2.15. The second kappa shape index (κ2) is 8.61. The van der Waals surface area contributed by atoms with Crippen LogP contribution in [0.3, 0.4) is 0 Å². The summed E-state index contributed by atoms with van der Waals surface area (Å²) in [7, 11) is 0. The predicted molar refractivity (Wildman–Crippen MR) is 75.7 cm³/mol. The maximum atomic E-state index is 13.4. The lowest BCUT2D eigenvalue weighted by atomic mass is 10.2. The predicted octanol–water partition coefficient (Wildman–Crippen LogP) is 3.12. The van der Waals surface area contributed by atoms with Crippen LogP contribution in [-0.2, 0) is 4.74 Å². The van der Waals surface area contributed by atoms with Crippen molar-refractivity contribution < 1.29 is 13.9 Å². The molecule has 1 N–H and O–H groups in total. The van der Waals surface area contributed by atoms with Gasteiger partial charge >= 0.3 is 0 Å². The lowest BCUT2D eigenvalue weighted by Gasteiger charge is -2.06. The maximum Gasteiger partial charge on any atom is 0.254 e. The number of carbonyl (C=O) groups is 1. The molecule has 0 bridgehead atoms. The molecule has 6 heteroatoms. The van der Waals surface area contributed by atoms with E-state index in [0.717, 1.165) is 5.33 Å². The van der Waals surface area contributed by atoms with Crippen LogP contribution in [0.1, 0.15) is 16.8 Å². The van der Waals surface area contributed by atoms with E-state index in [1.54, 1.807) is 6.07 Å². The van der Waals surface area contributed by atoms with Crippen LogP contribution < -0.4 is 5.32 Å². The lowest BCUT2D eigenvalue weighted by molar-refractivity contribution is 0.0940. The highest BCUT2D eigenvalue weighted by Gasteiger charge is 2.11. The van der Waals surface area contributed by atoms with Crippen molar-refractivity contribution in [2.45, 2.75) is 6.42 Å². The molecule has 0 heterocycles. The van der Waals surface area contributed by atoms with E-state index in [2.05, 4.69) is 37.2 Å². The van der Waals surface area contributed by atoms with Gasteiger partial charge in [0.05, 0.1) is 12.2 Å². The Hall–Kier alpha value is -0.460. The molecule has 0 saturated heterocycles. The number of benzene rings is 1. The molecule has 0 aliphatic heterocycles. The SMILES string of the molecule is O=C(NCCCOCCBr)c1cc(Br)ccc1F. The first-order chi connectivity index (χ1) is 8.65. The Morgan fingerprint density at radius 3 is 2.89 bits per heavy atom. The minimum absolute atomic E-state index is 0.0470. The summed E-state index contributed by atoms with van der Waals surface area (Å²) < 4.78 is 19.3. The van der Waals surface area contributed by atoms with E-state index in [9.17, 15) is 9.18 Å². The molecule has 1 aromatic rings. The summed E-state index contributed by atoms with van der Waals surface area (Å²) in [5, 5.41) is 3.45. The first-order valence-electron chi connectivity index (χ1n) is 5.52. The smallest absolute Gasteiger partial charge is 0.254 e. The molecular weight excluding hydrogens is 369 g/mol. The fourth-order valence-electron chi connectivity index (χ4n) is 1.30. The molecule has 0 aliphatic carbocycles. The second-order valence-electron chi connectivity index (χ2n) is 3.53. The Morgan fingerprint density at radius 2 is 2.17 bits per heavy atom. The highest BCUT2D eigenvalue weighted by molar-refractivity contribution is 9.10. The van der Waals surface area contributed by atoms with E-state index in [1.165, 1.54) is 12.1 Å². The topological polar surface area (TPSA) is 38.3 Å². The number of amides is 1. The van der Waals surface area contributed by atoms with Gasteiger partial charge in [0.2, 0.25) is 0 Å². The van der Waals surface area contributed by atoms with Gasteiger partial charge in [-0.3, -0.25) is 4.79 Å². The molecule has 1 aromatic carbocycles. The molecule has 0 atom stereocenters. The van der Waals surface area contributed by atoms with Crippen molar-refractivity contribution in [3.63, 3.8) is 0 Å². The number of hydrogen-bond acceptors (Lipinski definition) is 2. The van der Waals surface area contributed by atoms with Crippen LogP contribution in [0.4, 0.5) is 4.39 Å². The lowest BCUT2D eigenvalue weighted by Crippen LogP contribution is -2.26. The van der Waals surface area contributed by atoms with Gasteiger partial charge in [-0.1, -0.05) is 31.9 Å². The van der Waals surface area contributed by atoms with Crippen molar-refractivity contribution in [1.82, 2.24) is 5.32 Å². The van der Waals surface area contributed by atoms with Gasteiger partial charge in [-0.25, -0.2) is 4.39 Å². The van der Waals surface area contributed by atoms with Gasteiger partial charge in [-0.05, 0) is 24.6 Å². The zero-order chi connectivity index (χ0) is 13.4. The van der Waals surface area contributed by atoms with Gasteiger partial charge in [0.15, 0.2) is 0 Å². The third-order valence-corrected chi connectivity index (χ3v) is 2.96. The summed E-state index contributed by atoms with van der Waals surface area (Å²) in [4.78, 5) is 11.7. The number of carbonyl (C=O) groups excluding carboxylic acids is 1. The molecule has 0 fully saturated rings. The second-order valence-corrected chi connectivity index (χ2v) is 5.24. The van der Waals surface area contributed by atoms with Crippen molar-refractivity contribution >= 4 is 37.8 Å². The van der Waals surface area contributed by atoms with Crippen LogP contribution in [0.25, 0.3) is 0 Å². The monoisotopic (exact) mass is 381 g/mol. The number of nitrogens with one attached hydrogen (secondary N) is 1. The standard InChI is InChI=1S/C12H14Br2FNO2/c13-4-7-18-6-1-5-16-12(17)10-8-9(14)2-3-11(10)15/h2-3,8H,1,4-7H2,(H,16,17). The molecule has 18 heavy (non-hydrogen) atoms. The fourth-order valence-corrected chi connectivity index (χ4v) is 1.89. The van der Waals surface area contributed by atoms with Gasteiger partial charge in [0.1, 0.15) is 5.82 Å². The number of hydrogen-bond donors (Lipinski definition) is 1. The fraction of sp³-hybridized carbons (Fsp3) is 0.417. The average molecular weight is 383 g/mol. The molecule has 0 spiro atoms. The summed E-state index contributed by atoms with van der Waals surface area (Å²) in [6.45, 7) is 1.69. The first-order valence-corrected chi connectivity index (χ1v) is 7.43. The summed E-state index contributed by atoms with van der Waals surface area (Å²) in [5.41, 5.74) is 0.0470. The summed E-state index contributed by atoms with van der Waals surface area (Å²) in [6, 6.07) is 4.28. The minimum Gasteiger partial charge on any atom is -0.381 e. The number of halogens is 3. The number of rotatable bonds is 7. The molecule has 1 amide bonds. The van der Waals surface area contributed by atoms with E-state index >= 15 is 0 Å². The Labute approximate surface area is 122 Å². The molecule has 0 aliphatic rings. The third kappa shape index (κ3) is 5.46. The van der Waals surface area contributed by atoms with Gasteiger partial charge in [-0.2, -0.15) is 0 Å². The molecule has 0 saturated carbocycles. The Balaban J connectivity index is 2.34. The number of ether oxygens (including phenoxy) is 1. The van der Waals surface area contributed by atoms with Crippen LogP contribution in [0.5, 0.6) is 0 Å². The van der Waals surface area contributed by atoms with Gasteiger partial charge in [-0.15, -0.1) is 0 Å². The maximum absolute atomic E-state index is 13.4. The van der Waals surface area contributed by atoms with Crippen LogP contribution in [-0.4, -0.2) is 31.0 Å². The molecule has 100 valence electrons. The molecule has 0 unspecified atom stereocenters. The summed E-state index contributed by atoms with van der Waals surface area (Å²) >= 11 is 6.45. The van der Waals surface area contributed by atoms with E-state index in [4.69, 9.17) is 4.74 Å². The zero-order valence-electron chi connectivity index (χ0n) is 9.72. The van der Waals surface area contributed by atoms with E-state index in [1.807, 2.05) is 0 Å². The van der Waals surface area contributed by atoms with Crippen LogP contribution in [0.15, 0.2) is 22.7 Å². The minimum atomic E-state index is -0.522. The molecule has 0 radical (unpaired) electrons. The normalized spacial score (nSPS) is 10.4. The Bertz CT molecular complexity index is 402. The van der Waals surface area contributed by atoms with E-state index in [-0.39, 0.29) is 5.56 Å². The van der Waals surface area contributed by atoms with Crippen molar-refractivity contribution in [2.75, 3.05) is 25.1 Å². The highest BCUT2D eigenvalue weighted by atomic mass is 79.9. The van der Waals surface area contributed by atoms with Crippen molar-refractivity contribution in [1.29, 1.82) is 0 Å².